The Bertz CT molecular complexity index is 671. The summed E-state index contributed by atoms with van der Waals surface area (Å²) < 4.78 is 5.12. The van der Waals surface area contributed by atoms with Crippen LogP contribution < -0.4 is 15.4 Å². The van der Waals surface area contributed by atoms with Crippen molar-refractivity contribution in [2.45, 2.75) is 39.2 Å². The van der Waals surface area contributed by atoms with E-state index in [9.17, 15) is 4.79 Å². The van der Waals surface area contributed by atoms with E-state index in [-0.39, 0.29) is 11.3 Å². The highest BCUT2D eigenvalue weighted by molar-refractivity contribution is 5.76. The van der Waals surface area contributed by atoms with Crippen molar-refractivity contribution < 1.29 is 9.53 Å². The number of methoxy groups -OCH3 is 1. The molecule has 0 fully saturated rings. The van der Waals surface area contributed by atoms with Crippen molar-refractivity contribution in [3.63, 3.8) is 0 Å². The molecule has 0 atom stereocenters. The number of rotatable bonds is 7. The first-order chi connectivity index (χ1) is 11.9. The van der Waals surface area contributed by atoms with Crippen LogP contribution in [0, 0.1) is 0 Å². The molecular formula is C21H28N2O2. The van der Waals surface area contributed by atoms with Crippen LogP contribution in [0.15, 0.2) is 48.5 Å². The second-order valence-electron chi connectivity index (χ2n) is 7.13. The molecule has 25 heavy (non-hydrogen) atoms. The monoisotopic (exact) mass is 340 g/mol. The van der Waals surface area contributed by atoms with Crippen LogP contribution >= 0.6 is 0 Å². The molecule has 2 rings (SSSR count). The molecule has 0 spiro atoms. The minimum Gasteiger partial charge on any atom is -0.497 e. The lowest BCUT2D eigenvalue weighted by atomic mass is 9.87. The Balaban J connectivity index is 1.71. The molecular weight excluding hydrogens is 312 g/mol. The summed E-state index contributed by atoms with van der Waals surface area (Å²) in [4.78, 5) is 11.9. The van der Waals surface area contributed by atoms with Gasteiger partial charge in [-0.2, -0.15) is 0 Å². The van der Waals surface area contributed by atoms with Crippen molar-refractivity contribution in [1.82, 2.24) is 5.32 Å². The van der Waals surface area contributed by atoms with E-state index in [0.717, 1.165) is 17.0 Å². The zero-order valence-corrected chi connectivity index (χ0v) is 15.6. The van der Waals surface area contributed by atoms with Gasteiger partial charge in [0.15, 0.2) is 0 Å². The van der Waals surface area contributed by atoms with Crippen molar-refractivity contribution in [3.05, 3.63) is 59.7 Å². The van der Waals surface area contributed by atoms with Gasteiger partial charge in [0.25, 0.3) is 0 Å². The van der Waals surface area contributed by atoms with Gasteiger partial charge >= 0.3 is 0 Å². The molecule has 134 valence electrons. The van der Waals surface area contributed by atoms with Crippen molar-refractivity contribution in [2.75, 3.05) is 19.0 Å². The Hall–Kier alpha value is -2.49. The lowest BCUT2D eigenvalue weighted by Crippen LogP contribution is -2.24. The maximum Gasteiger partial charge on any atom is 0.222 e. The van der Waals surface area contributed by atoms with E-state index in [4.69, 9.17) is 4.74 Å². The quantitative estimate of drug-likeness (QED) is 0.797. The van der Waals surface area contributed by atoms with Crippen molar-refractivity contribution in [2.24, 2.45) is 0 Å². The van der Waals surface area contributed by atoms with Crippen LogP contribution in [0.3, 0.4) is 0 Å². The lowest BCUT2D eigenvalue weighted by Gasteiger charge is -2.19. The van der Waals surface area contributed by atoms with Gasteiger partial charge in [-0.25, -0.2) is 0 Å². The standard InChI is InChI=1S/C21H28N2O2/c1-21(2,3)17-7-9-18(10-8-17)22-14-13-20(24)23-15-16-5-11-19(25-4)12-6-16/h5-12,22H,13-15H2,1-4H3,(H,23,24). The average molecular weight is 340 g/mol. The first kappa shape index (κ1) is 18.8. The number of carbonyl (C=O) groups is 1. The Morgan fingerprint density at radius 1 is 1.00 bits per heavy atom. The summed E-state index contributed by atoms with van der Waals surface area (Å²) in [5.41, 5.74) is 3.55. The van der Waals surface area contributed by atoms with E-state index in [1.54, 1.807) is 7.11 Å². The van der Waals surface area contributed by atoms with Gasteiger partial charge in [0.1, 0.15) is 5.75 Å². The smallest absolute Gasteiger partial charge is 0.222 e. The number of amides is 1. The molecule has 0 heterocycles. The Labute approximate surface area is 150 Å². The van der Waals surface area contributed by atoms with E-state index in [1.165, 1.54) is 5.56 Å². The van der Waals surface area contributed by atoms with Crippen LogP contribution in [0.4, 0.5) is 5.69 Å². The zero-order valence-electron chi connectivity index (χ0n) is 15.6. The number of anilines is 1. The van der Waals surface area contributed by atoms with Crippen LogP contribution in [0.2, 0.25) is 0 Å². The van der Waals surface area contributed by atoms with Gasteiger partial charge in [-0.3, -0.25) is 4.79 Å². The number of hydrogen-bond acceptors (Lipinski definition) is 3. The third kappa shape index (κ3) is 6.14. The molecule has 0 aliphatic rings. The van der Waals surface area contributed by atoms with Crippen LogP contribution in [0.5, 0.6) is 5.75 Å². The Morgan fingerprint density at radius 3 is 2.20 bits per heavy atom. The maximum absolute atomic E-state index is 11.9. The fraction of sp³-hybridized carbons (Fsp3) is 0.381. The minimum absolute atomic E-state index is 0.0367. The van der Waals surface area contributed by atoms with Crippen molar-refractivity contribution in [3.8, 4) is 5.75 Å². The van der Waals surface area contributed by atoms with Gasteiger partial charge in [0.05, 0.1) is 7.11 Å². The number of ether oxygens (including phenoxy) is 1. The summed E-state index contributed by atoms with van der Waals surface area (Å²) in [5, 5.41) is 6.22. The topological polar surface area (TPSA) is 50.4 Å². The zero-order chi connectivity index (χ0) is 18.3. The van der Waals surface area contributed by atoms with Crippen LogP contribution in [0.1, 0.15) is 38.3 Å². The van der Waals surface area contributed by atoms with Gasteiger partial charge < -0.3 is 15.4 Å². The molecule has 0 aliphatic carbocycles. The summed E-state index contributed by atoms with van der Waals surface area (Å²) in [7, 11) is 1.64. The number of nitrogens with one attached hydrogen (secondary N) is 2. The molecule has 0 bridgehead atoms. The summed E-state index contributed by atoms with van der Waals surface area (Å²) in [6, 6.07) is 16.1. The minimum atomic E-state index is 0.0367. The summed E-state index contributed by atoms with van der Waals surface area (Å²) in [6.07, 6.45) is 0.442. The molecule has 2 N–H and O–H groups in total. The Morgan fingerprint density at radius 2 is 1.64 bits per heavy atom. The maximum atomic E-state index is 11.9. The van der Waals surface area contributed by atoms with Gasteiger partial charge in [0.2, 0.25) is 5.91 Å². The van der Waals surface area contributed by atoms with Crippen molar-refractivity contribution >= 4 is 11.6 Å². The molecule has 0 saturated carbocycles. The SMILES string of the molecule is COc1ccc(CNC(=O)CCNc2ccc(C(C)(C)C)cc2)cc1. The number of benzene rings is 2. The van der Waals surface area contributed by atoms with Gasteiger partial charge in [-0.1, -0.05) is 45.0 Å². The summed E-state index contributed by atoms with van der Waals surface area (Å²) in [6.45, 7) is 7.74. The molecule has 0 radical (unpaired) electrons. The average Bonchev–Trinajstić information content (AvgIpc) is 2.60. The lowest BCUT2D eigenvalue weighted by molar-refractivity contribution is -0.121. The largest absolute Gasteiger partial charge is 0.497 e. The molecule has 0 aromatic heterocycles. The molecule has 1 amide bonds. The predicted molar refractivity (Wildman–Crippen MR) is 103 cm³/mol. The Kier molecular flexibility index (Phi) is 6.45. The highest BCUT2D eigenvalue weighted by Gasteiger charge is 2.12. The highest BCUT2D eigenvalue weighted by Crippen LogP contribution is 2.23. The molecule has 0 saturated heterocycles. The molecule has 2 aromatic rings. The summed E-state index contributed by atoms with van der Waals surface area (Å²) in [5.74, 6) is 0.853. The molecule has 4 heteroatoms. The predicted octanol–water partition coefficient (Wildman–Crippen LogP) is 4.11. The van der Waals surface area contributed by atoms with E-state index in [2.05, 4.69) is 55.7 Å². The fourth-order valence-electron chi connectivity index (χ4n) is 2.44. The highest BCUT2D eigenvalue weighted by atomic mass is 16.5. The molecule has 0 unspecified atom stereocenters. The fourth-order valence-corrected chi connectivity index (χ4v) is 2.44. The number of carbonyl (C=O) groups excluding carboxylic acids is 1. The molecule has 2 aromatic carbocycles. The van der Waals surface area contributed by atoms with E-state index in [0.29, 0.717) is 19.5 Å². The van der Waals surface area contributed by atoms with Gasteiger partial charge in [0, 0.05) is 25.2 Å². The van der Waals surface area contributed by atoms with E-state index >= 15 is 0 Å². The van der Waals surface area contributed by atoms with Gasteiger partial charge in [-0.05, 0) is 40.8 Å². The second-order valence-corrected chi connectivity index (χ2v) is 7.13. The molecule has 4 nitrogen and oxygen atoms in total. The van der Waals surface area contributed by atoms with Crippen LogP contribution in [-0.4, -0.2) is 19.6 Å². The van der Waals surface area contributed by atoms with E-state index in [1.807, 2.05) is 24.3 Å². The third-order valence-corrected chi connectivity index (χ3v) is 4.08. The van der Waals surface area contributed by atoms with E-state index < -0.39 is 0 Å². The van der Waals surface area contributed by atoms with Crippen LogP contribution in [0.25, 0.3) is 0 Å². The molecule has 0 aliphatic heterocycles. The van der Waals surface area contributed by atoms with Crippen LogP contribution in [-0.2, 0) is 16.8 Å². The van der Waals surface area contributed by atoms with Crippen molar-refractivity contribution in [1.29, 1.82) is 0 Å². The number of hydrogen-bond donors (Lipinski definition) is 2. The van der Waals surface area contributed by atoms with Gasteiger partial charge in [-0.15, -0.1) is 0 Å². The first-order valence-corrected chi connectivity index (χ1v) is 8.62. The normalized spacial score (nSPS) is 11.0. The first-order valence-electron chi connectivity index (χ1n) is 8.62. The second kappa shape index (κ2) is 8.56. The summed E-state index contributed by atoms with van der Waals surface area (Å²) >= 11 is 0. The third-order valence-electron chi connectivity index (χ3n) is 4.08.